The zero-order chi connectivity index (χ0) is 16.8. The number of aromatic hydroxyl groups is 1. The Morgan fingerprint density at radius 1 is 1.04 bits per heavy atom. The summed E-state index contributed by atoms with van der Waals surface area (Å²) in [6, 6.07) is 11.5. The number of anilines is 1. The third kappa shape index (κ3) is 3.88. The highest BCUT2D eigenvalue weighted by Gasteiger charge is 2.17. The molecule has 5 heteroatoms. The fourth-order valence-electron chi connectivity index (χ4n) is 2.14. The van der Waals surface area contributed by atoms with Gasteiger partial charge in [0.25, 0.3) is 5.91 Å². The summed E-state index contributed by atoms with van der Waals surface area (Å²) in [7, 11) is 0. The maximum atomic E-state index is 12.3. The van der Waals surface area contributed by atoms with Crippen molar-refractivity contribution in [1.82, 2.24) is 0 Å². The molecule has 1 amide bonds. The highest BCUT2D eigenvalue weighted by molar-refractivity contribution is 6.09. The van der Waals surface area contributed by atoms with Crippen LogP contribution < -0.4 is 10.1 Å². The first-order valence-corrected chi connectivity index (χ1v) is 7.46. The number of ether oxygens (including phenoxy) is 1. The molecule has 0 heterocycles. The van der Waals surface area contributed by atoms with Crippen molar-refractivity contribution in [2.75, 3.05) is 11.9 Å². The maximum absolute atomic E-state index is 12.3. The topological polar surface area (TPSA) is 75.6 Å². The molecule has 2 aromatic carbocycles. The van der Waals surface area contributed by atoms with E-state index < -0.39 is 5.91 Å². The van der Waals surface area contributed by atoms with Gasteiger partial charge < -0.3 is 15.2 Å². The Morgan fingerprint density at radius 2 is 1.70 bits per heavy atom. The molecule has 0 saturated heterocycles. The first-order valence-electron chi connectivity index (χ1n) is 7.46. The van der Waals surface area contributed by atoms with Crippen LogP contribution in [0.4, 0.5) is 5.69 Å². The molecule has 120 valence electrons. The Hall–Kier alpha value is -2.82. The zero-order valence-electron chi connectivity index (χ0n) is 13.1. The molecule has 0 aliphatic heterocycles. The number of rotatable bonds is 6. The number of benzene rings is 2. The number of Topliss-reactive ketones (excluding diaryl/α,β-unsaturated/α-hetero) is 1. The molecule has 0 unspecified atom stereocenters. The van der Waals surface area contributed by atoms with E-state index >= 15 is 0 Å². The lowest BCUT2D eigenvalue weighted by Crippen LogP contribution is -2.13. The number of carbonyl (C=O) groups is 2. The largest absolute Gasteiger partial charge is 0.506 e. The second-order valence-corrected chi connectivity index (χ2v) is 4.89. The Kier molecular flexibility index (Phi) is 5.36. The summed E-state index contributed by atoms with van der Waals surface area (Å²) in [6.45, 7) is 4.16. The first-order chi connectivity index (χ1) is 11.1. The fraction of sp³-hybridized carbons (Fsp3) is 0.222. The number of hydrogen-bond acceptors (Lipinski definition) is 4. The van der Waals surface area contributed by atoms with Gasteiger partial charge in [-0.05, 0) is 43.3 Å². The normalized spacial score (nSPS) is 10.2. The van der Waals surface area contributed by atoms with E-state index in [0.29, 0.717) is 18.0 Å². The fourth-order valence-corrected chi connectivity index (χ4v) is 2.14. The molecule has 0 bridgehead atoms. The van der Waals surface area contributed by atoms with E-state index in [1.165, 1.54) is 12.1 Å². The molecule has 0 radical (unpaired) electrons. The van der Waals surface area contributed by atoms with Gasteiger partial charge in [-0.3, -0.25) is 9.59 Å². The van der Waals surface area contributed by atoms with Gasteiger partial charge >= 0.3 is 0 Å². The highest BCUT2D eigenvalue weighted by atomic mass is 16.5. The summed E-state index contributed by atoms with van der Waals surface area (Å²) in [5, 5.41) is 12.8. The van der Waals surface area contributed by atoms with Crippen LogP contribution in [0.5, 0.6) is 11.5 Å². The summed E-state index contributed by atoms with van der Waals surface area (Å²) in [5.41, 5.74) is 0.801. The van der Waals surface area contributed by atoms with Crippen molar-refractivity contribution in [2.45, 2.75) is 20.3 Å². The van der Waals surface area contributed by atoms with Gasteiger partial charge in [-0.2, -0.15) is 0 Å². The SMILES string of the molecule is CCOc1ccc(NC(=O)c2cccc(C(=O)CC)c2O)cc1. The average molecular weight is 313 g/mol. The van der Waals surface area contributed by atoms with Gasteiger partial charge in [-0.15, -0.1) is 0 Å². The standard InChI is InChI=1S/C18H19NO4/c1-3-16(20)14-6-5-7-15(17(14)21)18(22)19-12-8-10-13(11-9-12)23-4-2/h5-11,21H,3-4H2,1-2H3,(H,19,22). The van der Waals surface area contributed by atoms with Crippen molar-refractivity contribution in [2.24, 2.45) is 0 Å². The minimum Gasteiger partial charge on any atom is -0.506 e. The van der Waals surface area contributed by atoms with Crippen molar-refractivity contribution in [3.63, 3.8) is 0 Å². The van der Waals surface area contributed by atoms with Crippen LogP contribution in [0, 0.1) is 0 Å². The van der Waals surface area contributed by atoms with Crippen LogP contribution in [0.2, 0.25) is 0 Å². The van der Waals surface area contributed by atoms with Gasteiger partial charge in [0, 0.05) is 12.1 Å². The molecule has 0 aliphatic rings. The Bertz CT molecular complexity index is 707. The molecular weight excluding hydrogens is 294 g/mol. The lowest BCUT2D eigenvalue weighted by atomic mass is 10.0. The number of nitrogens with one attached hydrogen (secondary N) is 1. The number of amides is 1. The van der Waals surface area contributed by atoms with Crippen molar-refractivity contribution in [1.29, 1.82) is 0 Å². The number of carbonyl (C=O) groups excluding carboxylic acids is 2. The third-order valence-corrected chi connectivity index (χ3v) is 3.33. The average Bonchev–Trinajstić information content (AvgIpc) is 2.56. The predicted molar refractivity (Wildman–Crippen MR) is 88.3 cm³/mol. The van der Waals surface area contributed by atoms with Gasteiger partial charge in [0.05, 0.1) is 17.7 Å². The van der Waals surface area contributed by atoms with E-state index in [-0.39, 0.29) is 29.1 Å². The molecule has 5 nitrogen and oxygen atoms in total. The molecule has 2 N–H and O–H groups in total. The summed E-state index contributed by atoms with van der Waals surface area (Å²) in [6.07, 6.45) is 0.261. The monoisotopic (exact) mass is 313 g/mol. The van der Waals surface area contributed by atoms with E-state index in [9.17, 15) is 14.7 Å². The van der Waals surface area contributed by atoms with Crippen LogP contribution in [-0.2, 0) is 0 Å². The molecule has 23 heavy (non-hydrogen) atoms. The van der Waals surface area contributed by atoms with Gasteiger partial charge in [-0.1, -0.05) is 13.0 Å². The van der Waals surface area contributed by atoms with Crippen molar-refractivity contribution in [3.05, 3.63) is 53.6 Å². The molecule has 2 rings (SSSR count). The van der Waals surface area contributed by atoms with Crippen LogP contribution in [0.15, 0.2) is 42.5 Å². The molecule has 0 aromatic heterocycles. The van der Waals surface area contributed by atoms with Crippen molar-refractivity contribution >= 4 is 17.4 Å². The second-order valence-electron chi connectivity index (χ2n) is 4.89. The number of para-hydroxylation sites is 1. The Balaban J connectivity index is 2.19. The van der Waals surface area contributed by atoms with Crippen LogP contribution in [0.3, 0.4) is 0 Å². The lowest BCUT2D eigenvalue weighted by molar-refractivity contribution is 0.0985. The molecule has 0 fully saturated rings. The van der Waals surface area contributed by atoms with Crippen LogP contribution >= 0.6 is 0 Å². The van der Waals surface area contributed by atoms with E-state index in [4.69, 9.17) is 4.74 Å². The summed E-state index contributed by atoms with van der Waals surface area (Å²) < 4.78 is 5.33. The van der Waals surface area contributed by atoms with Crippen LogP contribution in [-0.4, -0.2) is 23.4 Å². The molecule has 2 aromatic rings. The summed E-state index contributed by atoms with van der Waals surface area (Å²) >= 11 is 0. The van der Waals surface area contributed by atoms with E-state index in [0.717, 1.165) is 0 Å². The van der Waals surface area contributed by atoms with Gasteiger partial charge in [0.1, 0.15) is 11.5 Å². The Labute approximate surface area is 134 Å². The zero-order valence-corrected chi connectivity index (χ0v) is 13.1. The summed E-state index contributed by atoms with van der Waals surface area (Å²) in [5.74, 6) is -0.262. The molecule has 0 spiro atoms. The van der Waals surface area contributed by atoms with Gasteiger partial charge in [-0.25, -0.2) is 0 Å². The summed E-state index contributed by atoms with van der Waals surface area (Å²) in [4.78, 5) is 24.1. The van der Waals surface area contributed by atoms with Crippen LogP contribution in [0.1, 0.15) is 41.0 Å². The van der Waals surface area contributed by atoms with Gasteiger partial charge in [0.2, 0.25) is 0 Å². The minimum absolute atomic E-state index is 0.0678. The van der Waals surface area contributed by atoms with E-state index in [2.05, 4.69) is 5.32 Å². The molecule has 0 atom stereocenters. The van der Waals surface area contributed by atoms with Crippen molar-refractivity contribution in [3.8, 4) is 11.5 Å². The third-order valence-electron chi connectivity index (χ3n) is 3.33. The number of hydrogen-bond donors (Lipinski definition) is 2. The quantitative estimate of drug-likeness (QED) is 0.798. The van der Waals surface area contributed by atoms with Crippen LogP contribution in [0.25, 0.3) is 0 Å². The Morgan fingerprint density at radius 3 is 2.30 bits per heavy atom. The minimum atomic E-state index is -0.475. The smallest absolute Gasteiger partial charge is 0.259 e. The molecule has 0 aliphatic carbocycles. The number of phenolic OH excluding ortho intramolecular Hbond substituents is 1. The highest BCUT2D eigenvalue weighted by Crippen LogP contribution is 2.25. The maximum Gasteiger partial charge on any atom is 0.259 e. The number of ketones is 1. The van der Waals surface area contributed by atoms with Gasteiger partial charge in [0.15, 0.2) is 5.78 Å². The molecule has 0 saturated carbocycles. The lowest BCUT2D eigenvalue weighted by Gasteiger charge is -2.10. The molecular formula is C18H19NO4. The first kappa shape index (κ1) is 16.5. The van der Waals surface area contributed by atoms with E-state index in [1.54, 1.807) is 37.3 Å². The second kappa shape index (κ2) is 7.45. The number of phenols is 1. The predicted octanol–water partition coefficient (Wildman–Crippen LogP) is 3.64. The van der Waals surface area contributed by atoms with Crippen molar-refractivity contribution < 1.29 is 19.4 Å². The van der Waals surface area contributed by atoms with E-state index in [1.807, 2.05) is 6.92 Å².